The molecule has 10 nitrogen and oxygen atoms in total. The average molecular weight is 503 g/mol. The lowest BCUT2D eigenvalue weighted by Gasteiger charge is -2.29. The molecule has 4 heterocycles. The van der Waals surface area contributed by atoms with E-state index in [1.807, 2.05) is 48.0 Å². The zero-order chi connectivity index (χ0) is 25.4. The smallest absolute Gasteiger partial charge is 0.221 e. The fraction of sp³-hybridized carbons (Fsp3) is 0.240. The molecule has 0 bridgehead atoms. The molecule has 3 aromatic heterocycles. The minimum atomic E-state index is -0.220. The van der Waals surface area contributed by atoms with Crippen LogP contribution in [-0.2, 0) is 4.79 Å². The van der Waals surface area contributed by atoms with Crippen LogP contribution in [0, 0.1) is 13.8 Å². The van der Waals surface area contributed by atoms with Gasteiger partial charge in [-0.25, -0.2) is 4.68 Å². The van der Waals surface area contributed by atoms with E-state index in [0.29, 0.717) is 16.5 Å². The number of aryl methyl sites for hydroxylation is 1. The number of nitrogens with one attached hydrogen (secondary N) is 2. The van der Waals surface area contributed by atoms with Crippen molar-refractivity contribution >= 4 is 34.6 Å². The third-order valence-corrected chi connectivity index (χ3v) is 6.57. The van der Waals surface area contributed by atoms with Crippen LogP contribution in [0.2, 0.25) is 0 Å². The van der Waals surface area contributed by atoms with Gasteiger partial charge >= 0.3 is 0 Å². The first-order chi connectivity index (χ1) is 17.4. The number of amides is 1. The topological polar surface area (TPSA) is 102 Å². The summed E-state index contributed by atoms with van der Waals surface area (Å²) in [5.74, 6) is 0.378. The number of pyridine rings is 1. The Morgan fingerprint density at radius 3 is 2.58 bits per heavy atom. The highest BCUT2D eigenvalue weighted by atomic mass is 32.1. The van der Waals surface area contributed by atoms with Crippen LogP contribution in [0.5, 0.6) is 5.75 Å². The molecule has 2 atom stereocenters. The molecule has 5 rings (SSSR count). The Labute approximate surface area is 213 Å². The SMILES string of the molecule is COc1ccc(N2C(=S)N[C@H](c3ccccn3)[C@@H]2c2cc(C)n(-n3cnnc3)c2C)cc1NC(C)=O. The average Bonchev–Trinajstić information content (AvgIpc) is 3.57. The van der Waals surface area contributed by atoms with Crippen molar-refractivity contribution in [3.8, 4) is 5.75 Å². The van der Waals surface area contributed by atoms with Crippen molar-refractivity contribution in [1.82, 2.24) is 29.9 Å². The molecule has 4 aromatic rings. The molecule has 1 aromatic carbocycles. The molecule has 0 spiro atoms. The lowest BCUT2D eigenvalue weighted by molar-refractivity contribution is -0.114. The third kappa shape index (κ3) is 4.07. The first kappa shape index (κ1) is 23.5. The number of benzene rings is 1. The van der Waals surface area contributed by atoms with Crippen LogP contribution >= 0.6 is 12.2 Å². The number of ether oxygens (including phenoxy) is 1. The van der Waals surface area contributed by atoms with E-state index < -0.39 is 0 Å². The third-order valence-electron chi connectivity index (χ3n) is 6.26. The molecule has 184 valence electrons. The maximum atomic E-state index is 11.9. The van der Waals surface area contributed by atoms with E-state index in [9.17, 15) is 4.79 Å². The zero-order valence-electron chi connectivity index (χ0n) is 20.3. The van der Waals surface area contributed by atoms with Crippen LogP contribution in [0.1, 0.15) is 41.7 Å². The van der Waals surface area contributed by atoms with Gasteiger partial charge < -0.3 is 20.3 Å². The van der Waals surface area contributed by atoms with E-state index in [0.717, 1.165) is 28.3 Å². The predicted octanol–water partition coefficient (Wildman–Crippen LogP) is 3.55. The van der Waals surface area contributed by atoms with Gasteiger partial charge in [-0.1, -0.05) is 6.07 Å². The van der Waals surface area contributed by atoms with E-state index in [1.165, 1.54) is 6.92 Å². The van der Waals surface area contributed by atoms with Crippen LogP contribution in [0.25, 0.3) is 0 Å². The van der Waals surface area contributed by atoms with Crippen molar-refractivity contribution in [2.45, 2.75) is 32.9 Å². The highest BCUT2D eigenvalue weighted by molar-refractivity contribution is 7.80. The molecule has 1 fully saturated rings. The Morgan fingerprint density at radius 2 is 1.92 bits per heavy atom. The van der Waals surface area contributed by atoms with Crippen LogP contribution in [0.15, 0.2) is 61.3 Å². The second-order valence-corrected chi connectivity index (χ2v) is 8.93. The van der Waals surface area contributed by atoms with Crippen molar-refractivity contribution in [3.05, 3.63) is 84.0 Å². The molecule has 1 amide bonds. The largest absolute Gasteiger partial charge is 0.495 e. The first-order valence-corrected chi connectivity index (χ1v) is 11.8. The highest BCUT2D eigenvalue weighted by Crippen LogP contribution is 2.44. The minimum Gasteiger partial charge on any atom is -0.495 e. The van der Waals surface area contributed by atoms with Gasteiger partial charge in [0.05, 0.1) is 30.6 Å². The summed E-state index contributed by atoms with van der Waals surface area (Å²) in [6.07, 6.45) is 5.11. The molecule has 0 unspecified atom stereocenters. The molecule has 36 heavy (non-hydrogen) atoms. The summed E-state index contributed by atoms with van der Waals surface area (Å²) < 4.78 is 9.36. The number of carbonyl (C=O) groups is 1. The van der Waals surface area contributed by atoms with E-state index in [2.05, 4.69) is 48.4 Å². The maximum Gasteiger partial charge on any atom is 0.221 e. The lowest BCUT2D eigenvalue weighted by Crippen LogP contribution is -2.29. The molecule has 0 aliphatic carbocycles. The lowest BCUT2D eigenvalue weighted by atomic mass is 9.96. The number of hydrogen-bond acceptors (Lipinski definition) is 6. The fourth-order valence-electron chi connectivity index (χ4n) is 4.81. The van der Waals surface area contributed by atoms with Crippen molar-refractivity contribution < 1.29 is 9.53 Å². The van der Waals surface area contributed by atoms with Gasteiger partial charge in [-0.3, -0.25) is 14.5 Å². The molecule has 11 heteroatoms. The van der Waals surface area contributed by atoms with Gasteiger partial charge in [-0.15, -0.1) is 10.2 Å². The second kappa shape index (κ2) is 9.42. The molecule has 2 N–H and O–H groups in total. The van der Waals surface area contributed by atoms with E-state index >= 15 is 0 Å². The molecular weight excluding hydrogens is 476 g/mol. The Balaban J connectivity index is 1.67. The first-order valence-electron chi connectivity index (χ1n) is 11.4. The fourth-order valence-corrected chi connectivity index (χ4v) is 5.16. The van der Waals surface area contributed by atoms with Crippen LogP contribution in [-0.4, -0.2) is 42.7 Å². The van der Waals surface area contributed by atoms with Gasteiger partial charge in [0.15, 0.2) is 5.11 Å². The standard InChI is InChI=1S/C25H26N8O2S/c1-15-11-19(16(2)33(15)31-13-27-28-14-31)24-23(20-7-5-6-10-26-20)30-25(36)32(24)18-8-9-22(35-4)21(12-18)29-17(3)34/h5-14,23-24H,1-4H3,(H,29,34)(H,30,36)/t23-,24+/m1/s1. The van der Waals surface area contributed by atoms with Gasteiger partial charge in [0, 0.05) is 35.8 Å². The molecule has 1 aliphatic heterocycles. The summed E-state index contributed by atoms with van der Waals surface area (Å²) in [6, 6.07) is 13.2. The van der Waals surface area contributed by atoms with Gasteiger partial charge in [0.25, 0.3) is 0 Å². The van der Waals surface area contributed by atoms with Crippen LogP contribution in [0.4, 0.5) is 11.4 Å². The quantitative estimate of drug-likeness (QED) is 0.386. The number of carbonyl (C=O) groups excluding carboxylic acids is 1. The van der Waals surface area contributed by atoms with Gasteiger partial charge in [0.2, 0.25) is 5.91 Å². The van der Waals surface area contributed by atoms with Crippen LogP contribution < -0.4 is 20.3 Å². The number of methoxy groups -OCH3 is 1. The van der Waals surface area contributed by atoms with Crippen molar-refractivity contribution in [2.24, 2.45) is 0 Å². The summed E-state index contributed by atoms with van der Waals surface area (Å²) >= 11 is 5.87. The second-order valence-electron chi connectivity index (χ2n) is 8.54. The van der Waals surface area contributed by atoms with Crippen LogP contribution in [0.3, 0.4) is 0 Å². The number of rotatable bonds is 6. The Bertz CT molecular complexity index is 1420. The Morgan fingerprint density at radius 1 is 1.14 bits per heavy atom. The van der Waals surface area contributed by atoms with E-state index in [4.69, 9.17) is 17.0 Å². The number of thiocarbonyl (C=S) groups is 1. The van der Waals surface area contributed by atoms with Gasteiger partial charge in [-0.2, -0.15) is 0 Å². The Kier molecular flexibility index (Phi) is 6.15. The van der Waals surface area contributed by atoms with E-state index in [1.54, 1.807) is 26.0 Å². The predicted molar refractivity (Wildman–Crippen MR) is 140 cm³/mol. The van der Waals surface area contributed by atoms with Crippen molar-refractivity contribution in [3.63, 3.8) is 0 Å². The molecule has 1 aliphatic rings. The highest BCUT2D eigenvalue weighted by Gasteiger charge is 2.42. The molecular formula is C25H26N8O2S. The summed E-state index contributed by atoms with van der Waals surface area (Å²) in [6.45, 7) is 5.57. The zero-order valence-corrected chi connectivity index (χ0v) is 21.2. The monoisotopic (exact) mass is 502 g/mol. The number of aromatic nitrogens is 5. The van der Waals surface area contributed by atoms with E-state index in [-0.39, 0.29) is 18.0 Å². The summed E-state index contributed by atoms with van der Waals surface area (Å²) in [7, 11) is 1.57. The van der Waals surface area contributed by atoms with Gasteiger partial charge in [-0.05, 0) is 62.5 Å². The normalized spacial score (nSPS) is 17.2. The molecule has 0 saturated carbocycles. The molecule has 0 radical (unpaired) electrons. The maximum absolute atomic E-state index is 11.9. The van der Waals surface area contributed by atoms with Gasteiger partial charge in [0.1, 0.15) is 18.4 Å². The number of anilines is 2. The summed E-state index contributed by atoms with van der Waals surface area (Å²) in [5.41, 5.74) is 5.37. The summed E-state index contributed by atoms with van der Waals surface area (Å²) in [4.78, 5) is 18.6. The number of nitrogens with zero attached hydrogens (tertiary/aromatic N) is 6. The summed E-state index contributed by atoms with van der Waals surface area (Å²) in [5, 5.41) is 14.8. The minimum absolute atomic E-state index is 0.187. The van der Waals surface area contributed by atoms with Crippen molar-refractivity contribution in [2.75, 3.05) is 17.3 Å². The number of hydrogen-bond donors (Lipinski definition) is 2. The molecule has 1 saturated heterocycles. The Hall–Kier alpha value is -4.25. The van der Waals surface area contributed by atoms with Crippen molar-refractivity contribution in [1.29, 1.82) is 0 Å².